The topological polar surface area (TPSA) is 71.3 Å². The lowest BCUT2D eigenvalue weighted by Crippen LogP contribution is -2.27. The summed E-state index contributed by atoms with van der Waals surface area (Å²) in [4.78, 5) is 13.8. The molecule has 2 rings (SSSR count). The first-order chi connectivity index (χ1) is 10.7. The first kappa shape index (κ1) is 17.8. The number of nitrogens with one attached hydrogen (secondary N) is 1. The zero-order chi connectivity index (χ0) is 17.0. The van der Waals surface area contributed by atoms with Gasteiger partial charge in [0.25, 0.3) is 0 Å². The van der Waals surface area contributed by atoms with Crippen LogP contribution in [0.3, 0.4) is 0 Å². The highest BCUT2D eigenvalue weighted by atomic mass is 32.2. The van der Waals surface area contributed by atoms with E-state index in [1.54, 1.807) is 11.9 Å². The van der Waals surface area contributed by atoms with Crippen LogP contribution in [0, 0.1) is 6.92 Å². The Morgan fingerprint density at radius 3 is 2.74 bits per heavy atom. The quantitative estimate of drug-likeness (QED) is 0.802. The molecule has 8 heteroatoms. The number of aromatic nitrogens is 2. The fourth-order valence-corrected chi connectivity index (χ4v) is 3.67. The van der Waals surface area contributed by atoms with Gasteiger partial charge in [0.2, 0.25) is 11.0 Å². The Labute approximate surface area is 144 Å². The van der Waals surface area contributed by atoms with Crippen LogP contribution in [-0.4, -0.2) is 39.3 Å². The van der Waals surface area contributed by atoms with Crippen molar-refractivity contribution in [2.45, 2.75) is 44.1 Å². The molecule has 1 N–H and O–H groups in total. The number of carbonyl (C=O) groups excluding carboxylic acids is 1. The number of thioether (sulfide) groups is 1. The first-order valence-electron chi connectivity index (χ1n) is 7.27. The van der Waals surface area contributed by atoms with Crippen LogP contribution in [0.15, 0.2) is 20.9 Å². The van der Waals surface area contributed by atoms with Crippen LogP contribution in [0.1, 0.15) is 32.3 Å². The highest BCUT2D eigenvalue weighted by Gasteiger charge is 2.16. The van der Waals surface area contributed by atoms with E-state index in [0.29, 0.717) is 12.3 Å². The third-order valence-corrected chi connectivity index (χ3v) is 4.78. The van der Waals surface area contributed by atoms with Gasteiger partial charge in [-0.25, -0.2) is 0 Å². The highest BCUT2D eigenvalue weighted by Crippen LogP contribution is 2.27. The largest absolute Gasteiger partial charge is 0.464 e. The molecule has 0 fully saturated rings. The molecule has 23 heavy (non-hydrogen) atoms. The van der Waals surface area contributed by atoms with Crippen molar-refractivity contribution in [3.05, 3.63) is 23.7 Å². The second kappa shape index (κ2) is 7.35. The van der Waals surface area contributed by atoms with Gasteiger partial charge < -0.3 is 14.6 Å². The molecule has 0 atom stereocenters. The third-order valence-electron chi connectivity index (χ3n) is 2.82. The van der Waals surface area contributed by atoms with Gasteiger partial charge in [0.15, 0.2) is 4.34 Å². The summed E-state index contributed by atoms with van der Waals surface area (Å²) < 4.78 is 6.27. The molecule has 0 aliphatic rings. The van der Waals surface area contributed by atoms with Gasteiger partial charge in [-0.15, -0.1) is 10.2 Å². The van der Waals surface area contributed by atoms with Gasteiger partial charge in [0.1, 0.15) is 11.5 Å². The van der Waals surface area contributed by atoms with E-state index < -0.39 is 0 Å². The van der Waals surface area contributed by atoms with Crippen molar-refractivity contribution >= 4 is 34.1 Å². The number of rotatable bonds is 6. The van der Waals surface area contributed by atoms with Crippen molar-refractivity contribution in [3.8, 4) is 0 Å². The zero-order valence-electron chi connectivity index (χ0n) is 14.0. The summed E-state index contributed by atoms with van der Waals surface area (Å²) in [6.45, 7) is 8.56. The van der Waals surface area contributed by atoms with Crippen LogP contribution in [0.25, 0.3) is 0 Å². The van der Waals surface area contributed by atoms with Crippen molar-refractivity contribution in [3.63, 3.8) is 0 Å². The zero-order valence-corrected chi connectivity index (χ0v) is 15.7. The molecule has 2 aromatic heterocycles. The number of furan rings is 1. The molecule has 0 aliphatic heterocycles. The number of aryl methyl sites for hydroxylation is 1. The summed E-state index contributed by atoms with van der Waals surface area (Å²) >= 11 is 2.86. The minimum absolute atomic E-state index is 0.0320. The average Bonchev–Trinajstić information content (AvgIpc) is 3.03. The smallest absolute Gasteiger partial charge is 0.233 e. The van der Waals surface area contributed by atoms with Crippen LogP contribution in [0.4, 0.5) is 5.13 Å². The molecule has 126 valence electrons. The van der Waals surface area contributed by atoms with Crippen molar-refractivity contribution in [1.82, 2.24) is 15.1 Å². The van der Waals surface area contributed by atoms with Gasteiger partial charge >= 0.3 is 0 Å². The fraction of sp³-hybridized carbons (Fsp3) is 0.533. The summed E-state index contributed by atoms with van der Waals surface area (Å²) in [5, 5.41) is 12.2. The summed E-state index contributed by atoms with van der Waals surface area (Å²) in [7, 11) is 1.77. The molecule has 0 aliphatic carbocycles. The number of carbonyl (C=O) groups is 1. The molecule has 0 aromatic carbocycles. The maximum atomic E-state index is 12.2. The first-order valence-corrected chi connectivity index (χ1v) is 9.07. The number of hydrogen-bond acceptors (Lipinski definition) is 7. The number of nitrogens with zero attached hydrogens (tertiary/aromatic N) is 3. The van der Waals surface area contributed by atoms with Crippen LogP contribution < -0.4 is 5.32 Å². The standard InChI is InChI=1S/C15H22N4O2S2/c1-10-6-7-11(21-10)8-19(5)12(20)9-22-14-18-17-13(23-14)16-15(2,3)4/h6-7H,8-9H2,1-5H3,(H,16,17). The average molecular weight is 355 g/mol. The minimum Gasteiger partial charge on any atom is -0.464 e. The monoisotopic (exact) mass is 354 g/mol. The lowest BCUT2D eigenvalue weighted by atomic mass is 10.1. The lowest BCUT2D eigenvalue weighted by Gasteiger charge is -2.18. The predicted octanol–water partition coefficient (Wildman–Crippen LogP) is 3.40. The lowest BCUT2D eigenvalue weighted by molar-refractivity contribution is -0.127. The van der Waals surface area contributed by atoms with Crippen molar-refractivity contribution in [2.75, 3.05) is 18.1 Å². The Bertz CT molecular complexity index is 660. The van der Waals surface area contributed by atoms with Crippen molar-refractivity contribution in [2.24, 2.45) is 0 Å². The van der Waals surface area contributed by atoms with E-state index in [9.17, 15) is 4.79 Å². The van der Waals surface area contributed by atoms with Crippen LogP contribution in [0.5, 0.6) is 0 Å². The van der Waals surface area contributed by atoms with E-state index >= 15 is 0 Å². The van der Waals surface area contributed by atoms with E-state index in [1.165, 1.54) is 23.1 Å². The second-order valence-corrected chi connectivity index (χ2v) is 8.50. The van der Waals surface area contributed by atoms with Gasteiger partial charge in [0, 0.05) is 12.6 Å². The molecular formula is C15H22N4O2S2. The van der Waals surface area contributed by atoms with E-state index in [1.807, 2.05) is 19.1 Å². The Kier molecular flexibility index (Phi) is 5.69. The van der Waals surface area contributed by atoms with Crippen molar-refractivity contribution < 1.29 is 9.21 Å². The van der Waals surface area contributed by atoms with Gasteiger partial charge in [-0.3, -0.25) is 4.79 Å². The highest BCUT2D eigenvalue weighted by molar-refractivity contribution is 8.01. The van der Waals surface area contributed by atoms with Gasteiger partial charge in [-0.2, -0.15) is 0 Å². The Hall–Kier alpha value is -1.54. The molecule has 0 unspecified atom stereocenters. The summed E-state index contributed by atoms with van der Waals surface area (Å²) in [5.74, 6) is 2.00. The number of hydrogen-bond donors (Lipinski definition) is 1. The second-order valence-electron chi connectivity index (χ2n) is 6.30. The normalized spacial score (nSPS) is 11.5. The number of anilines is 1. The molecule has 0 saturated heterocycles. The van der Waals surface area contributed by atoms with Crippen LogP contribution in [-0.2, 0) is 11.3 Å². The van der Waals surface area contributed by atoms with E-state index in [2.05, 4.69) is 36.3 Å². The van der Waals surface area contributed by atoms with Crippen LogP contribution in [0.2, 0.25) is 0 Å². The maximum Gasteiger partial charge on any atom is 0.233 e. The molecule has 1 amide bonds. The Morgan fingerprint density at radius 2 is 2.13 bits per heavy atom. The van der Waals surface area contributed by atoms with Gasteiger partial charge in [0.05, 0.1) is 12.3 Å². The maximum absolute atomic E-state index is 12.2. The molecule has 2 heterocycles. The predicted molar refractivity (Wildman–Crippen MR) is 93.9 cm³/mol. The van der Waals surface area contributed by atoms with Gasteiger partial charge in [-0.1, -0.05) is 23.1 Å². The summed E-state index contributed by atoms with van der Waals surface area (Å²) in [5.41, 5.74) is -0.0569. The fourth-order valence-electron chi connectivity index (χ4n) is 1.77. The third kappa shape index (κ3) is 5.87. The molecule has 0 radical (unpaired) electrons. The molecule has 0 bridgehead atoms. The Balaban J connectivity index is 1.82. The van der Waals surface area contributed by atoms with E-state index in [-0.39, 0.29) is 11.4 Å². The molecule has 6 nitrogen and oxygen atoms in total. The summed E-state index contributed by atoms with van der Waals surface area (Å²) in [6.07, 6.45) is 0. The molecule has 0 saturated carbocycles. The molecular weight excluding hydrogens is 332 g/mol. The Morgan fingerprint density at radius 1 is 1.39 bits per heavy atom. The van der Waals surface area contributed by atoms with Crippen LogP contribution >= 0.6 is 23.1 Å². The molecule has 2 aromatic rings. The van der Waals surface area contributed by atoms with E-state index in [4.69, 9.17) is 4.42 Å². The number of amides is 1. The molecule has 0 spiro atoms. The van der Waals surface area contributed by atoms with E-state index in [0.717, 1.165) is 21.0 Å². The van der Waals surface area contributed by atoms with Crippen molar-refractivity contribution in [1.29, 1.82) is 0 Å². The van der Waals surface area contributed by atoms with Gasteiger partial charge in [-0.05, 0) is 39.8 Å². The SMILES string of the molecule is Cc1ccc(CN(C)C(=O)CSc2nnc(NC(C)(C)C)s2)o1. The minimum atomic E-state index is -0.0569. The summed E-state index contributed by atoms with van der Waals surface area (Å²) in [6, 6.07) is 3.79.